The van der Waals surface area contributed by atoms with E-state index >= 15 is 0 Å². The molecule has 0 bridgehead atoms. The van der Waals surface area contributed by atoms with Crippen molar-refractivity contribution in [1.29, 1.82) is 0 Å². The van der Waals surface area contributed by atoms with Crippen LogP contribution in [0.25, 0.3) is 0 Å². The molecule has 1 aromatic heterocycles. The third kappa shape index (κ3) is 5.29. The van der Waals surface area contributed by atoms with Crippen molar-refractivity contribution in [3.05, 3.63) is 83.6 Å². The van der Waals surface area contributed by atoms with Crippen molar-refractivity contribution in [2.24, 2.45) is 0 Å². The molecule has 3 rings (SSSR count). The first-order valence-electron chi connectivity index (χ1n) is 9.87. The molecular weight excluding hydrogens is 360 g/mol. The van der Waals surface area contributed by atoms with Gasteiger partial charge in [-0.3, -0.25) is 0 Å². The van der Waals surface area contributed by atoms with Crippen molar-refractivity contribution in [2.75, 3.05) is 19.1 Å². The van der Waals surface area contributed by atoms with E-state index in [2.05, 4.69) is 56.0 Å². The van der Waals surface area contributed by atoms with Gasteiger partial charge < -0.3 is 14.4 Å². The molecule has 3 aromatic rings. The summed E-state index contributed by atoms with van der Waals surface area (Å²) in [4.78, 5) is 7.12. The highest BCUT2D eigenvalue weighted by molar-refractivity contribution is 5.51. The van der Waals surface area contributed by atoms with Crippen molar-refractivity contribution in [1.82, 2.24) is 4.98 Å². The minimum atomic E-state index is 0.00165. The smallest absolute Gasteiger partial charge is 0.132 e. The average molecular weight is 391 g/mol. The Morgan fingerprint density at radius 3 is 1.66 bits per heavy atom. The van der Waals surface area contributed by atoms with Crippen molar-refractivity contribution in [2.45, 2.75) is 39.3 Å². The minimum absolute atomic E-state index is 0.00165. The summed E-state index contributed by atoms with van der Waals surface area (Å²) in [6.07, 6.45) is 1.87. The summed E-state index contributed by atoms with van der Waals surface area (Å²) in [7, 11) is 3.38. The average Bonchev–Trinajstić information content (AvgIpc) is 2.74. The standard InChI is InChI=1S/C25H30N2O2/c1-25(2,3)23-7-6-16-26-24(23)27(17-19-8-12-21(28-4)13-9-19)18-20-10-14-22(29-5)15-11-20/h6-16H,17-18H2,1-5H3. The molecule has 0 atom stereocenters. The topological polar surface area (TPSA) is 34.6 Å². The monoisotopic (exact) mass is 390 g/mol. The second-order valence-corrected chi connectivity index (χ2v) is 8.18. The van der Waals surface area contributed by atoms with Crippen molar-refractivity contribution < 1.29 is 9.47 Å². The van der Waals surface area contributed by atoms with E-state index in [0.29, 0.717) is 0 Å². The van der Waals surface area contributed by atoms with Crippen LogP contribution in [-0.4, -0.2) is 19.2 Å². The molecule has 29 heavy (non-hydrogen) atoms. The van der Waals surface area contributed by atoms with Gasteiger partial charge >= 0.3 is 0 Å². The molecule has 0 aliphatic heterocycles. The van der Waals surface area contributed by atoms with E-state index in [0.717, 1.165) is 30.4 Å². The summed E-state index contributed by atoms with van der Waals surface area (Å²) in [6, 6.07) is 20.7. The summed E-state index contributed by atoms with van der Waals surface area (Å²) in [6.45, 7) is 8.21. The number of rotatable bonds is 7. The molecule has 4 heteroatoms. The van der Waals surface area contributed by atoms with E-state index < -0.39 is 0 Å². The maximum absolute atomic E-state index is 5.30. The van der Waals surface area contributed by atoms with Crippen molar-refractivity contribution >= 4 is 5.82 Å². The number of hydrogen-bond donors (Lipinski definition) is 0. The van der Waals surface area contributed by atoms with Gasteiger partial charge in [0.1, 0.15) is 17.3 Å². The van der Waals surface area contributed by atoms with Crippen LogP contribution in [0.1, 0.15) is 37.5 Å². The zero-order valence-electron chi connectivity index (χ0n) is 18.0. The second-order valence-electron chi connectivity index (χ2n) is 8.18. The van der Waals surface area contributed by atoms with Crippen LogP contribution in [-0.2, 0) is 18.5 Å². The van der Waals surface area contributed by atoms with Gasteiger partial charge in [0.25, 0.3) is 0 Å². The molecule has 0 spiro atoms. The Morgan fingerprint density at radius 2 is 1.24 bits per heavy atom. The van der Waals surface area contributed by atoms with Crippen LogP contribution >= 0.6 is 0 Å². The fourth-order valence-corrected chi connectivity index (χ4v) is 3.34. The predicted octanol–water partition coefficient (Wildman–Crippen LogP) is 5.60. The number of anilines is 1. The van der Waals surface area contributed by atoms with E-state index in [1.807, 2.05) is 36.5 Å². The summed E-state index contributed by atoms with van der Waals surface area (Å²) < 4.78 is 10.6. The van der Waals surface area contributed by atoms with Gasteiger partial charge in [-0.2, -0.15) is 0 Å². The first kappa shape index (κ1) is 20.7. The fraction of sp³-hybridized carbons (Fsp3) is 0.320. The first-order valence-corrected chi connectivity index (χ1v) is 9.87. The van der Waals surface area contributed by atoms with Gasteiger partial charge in [-0.1, -0.05) is 51.1 Å². The maximum atomic E-state index is 5.30. The van der Waals surface area contributed by atoms with Gasteiger partial charge in [0, 0.05) is 24.8 Å². The Bertz CT molecular complexity index is 863. The first-order chi connectivity index (χ1) is 13.9. The third-order valence-corrected chi connectivity index (χ3v) is 4.96. The van der Waals surface area contributed by atoms with Gasteiger partial charge in [0.2, 0.25) is 0 Å². The van der Waals surface area contributed by atoms with Crippen molar-refractivity contribution in [3.63, 3.8) is 0 Å². The Kier molecular flexibility index (Phi) is 6.42. The number of methoxy groups -OCH3 is 2. The zero-order chi connectivity index (χ0) is 20.9. The minimum Gasteiger partial charge on any atom is -0.497 e. The van der Waals surface area contributed by atoms with Gasteiger partial charge in [0.15, 0.2) is 0 Å². The van der Waals surface area contributed by atoms with Crippen LogP contribution in [0.4, 0.5) is 5.82 Å². The Balaban J connectivity index is 1.96. The Morgan fingerprint density at radius 1 is 0.759 bits per heavy atom. The molecule has 2 aromatic carbocycles. The Labute approximate surface area is 174 Å². The molecule has 0 unspecified atom stereocenters. The number of aromatic nitrogens is 1. The van der Waals surface area contributed by atoms with E-state index in [9.17, 15) is 0 Å². The molecular formula is C25H30N2O2. The van der Waals surface area contributed by atoms with E-state index in [1.54, 1.807) is 14.2 Å². The predicted molar refractivity (Wildman–Crippen MR) is 119 cm³/mol. The molecule has 0 N–H and O–H groups in total. The quantitative estimate of drug-likeness (QED) is 0.526. The van der Waals surface area contributed by atoms with E-state index in [1.165, 1.54) is 16.7 Å². The second kappa shape index (κ2) is 8.99. The molecule has 0 saturated heterocycles. The number of hydrogen-bond acceptors (Lipinski definition) is 4. The van der Waals surface area contributed by atoms with Crippen LogP contribution in [0, 0.1) is 0 Å². The normalized spacial score (nSPS) is 11.2. The molecule has 152 valence electrons. The van der Waals surface area contributed by atoms with Gasteiger partial charge in [0.05, 0.1) is 14.2 Å². The number of pyridine rings is 1. The lowest BCUT2D eigenvalue weighted by Crippen LogP contribution is -2.27. The van der Waals surface area contributed by atoms with Gasteiger partial charge in [-0.15, -0.1) is 0 Å². The molecule has 0 saturated carbocycles. The molecule has 1 heterocycles. The highest BCUT2D eigenvalue weighted by Crippen LogP contribution is 2.32. The van der Waals surface area contributed by atoms with Gasteiger partial charge in [-0.25, -0.2) is 4.98 Å². The van der Waals surface area contributed by atoms with E-state index in [-0.39, 0.29) is 5.41 Å². The lowest BCUT2D eigenvalue weighted by atomic mass is 9.87. The molecule has 0 fully saturated rings. The van der Waals surface area contributed by atoms with Crippen LogP contribution in [0.3, 0.4) is 0 Å². The SMILES string of the molecule is COc1ccc(CN(Cc2ccc(OC)cc2)c2ncccc2C(C)(C)C)cc1. The van der Waals surface area contributed by atoms with Crippen LogP contribution in [0.15, 0.2) is 66.9 Å². The molecule has 4 nitrogen and oxygen atoms in total. The fourth-order valence-electron chi connectivity index (χ4n) is 3.34. The maximum Gasteiger partial charge on any atom is 0.132 e. The van der Waals surface area contributed by atoms with Gasteiger partial charge in [-0.05, 0) is 46.9 Å². The third-order valence-electron chi connectivity index (χ3n) is 4.96. The zero-order valence-corrected chi connectivity index (χ0v) is 18.0. The lowest BCUT2D eigenvalue weighted by molar-refractivity contribution is 0.414. The highest BCUT2D eigenvalue weighted by atomic mass is 16.5. The Hall–Kier alpha value is -3.01. The lowest BCUT2D eigenvalue weighted by Gasteiger charge is -2.30. The molecule has 0 aliphatic carbocycles. The van der Waals surface area contributed by atoms with E-state index in [4.69, 9.17) is 14.5 Å². The number of nitrogens with zero attached hydrogens (tertiary/aromatic N) is 2. The summed E-state index contributed by atoms with van der Waals surface area (Å²) in [5.74, 6) is 2.75. The summed E-state index contributed by atoms with van der Waals surface area (Å²) in [5, 5.41) is 0. The highest BCUT2D eigenvalue weighted by Gasteiger charge is 2.22. The molecule has 0 aliphatic rings. The summed E-state index contributed by atoms with van der Waals surface area (Å²) >= 11 is 0. The van der Waals surface area contributed by atoms with Crippen LogP contribution in [0.5, 0.6) is 11.5 Å². The molecule has 0 amide bonds. The van der Waals surface area contributed by atoms with Crippen molar-refractivity contribution in [3.8, 4) is 11.5 Å². The number of benzene rings is 2. The van der Waals surface area contributed by atoms with Crippen LogP contribution in [0.2, 0.25) is 0 Å². The van der Waals surface area contributed by atoms with Crippen LogP contribution < -0.4 is 14.4 Å². The summed E-state index contributed by atoms with van der Waals surface area (Å²) in [5.41, 5.74) is 3.67. The number of ether oxygens (including phenoxy) is 2. The largest absolute Gasteiger partial charge is 0.497 e. The molecule has 0 radical (unpaired) electrons.